The second-order valence-electron chi connectivity index (χ2n) is 9.71. The average Bonchev–Trinajstić information content (AvgIpc) is 3.37. The molecule has 180 valence electrons. The molecule has 0 saturated carbocycles. The maximum absolute atomic E-state index is 14.4. The van der Waals surface area contributed by atoms with Gasteiger partial charge in [0.2, 0.25) is 5.91 Å². The predicted molar refractivity (Wildman–Crippen MR) is 138 cm³/mol. The Morgan fingerprint density at radius 3 is 2.39 bits per heavy atom. The number of nitrogens with one attached hydrogen (secondary N) is 1. The van der Waals surface area contributed by atoms with Crippen molar-refractivity contribution >= 4 is 34.4 Å². The third-order valence-electron chi connectivity index (χ3n) is 7.96. The molecule has 3 heterocycles. The molecule has 36 heavy (non-hydrogen) atoms. The Balaban J connectivity index is 1.65. The molecule has 0 radical (unpaired) electrons. The van der Waals surface area contributed by atoms with Crippen LogP contribution < -0.4 is 15.0 Å². The van der Waals surface area contributed by atoms with E-state index in [2.05, 4.69) is 11.4 Å². The molecule has 0 bridgehead atoms. The summed E-state index contributed by atoms with van der Waals surface area (Å²) in [6.45, 7) is 3.53. The van der Waals surface area contributed by atoms with E-state index in [4.69, 9.17) is 4.74 Å². The summed E-state index contributed by atoms with van der Waals surface area (Å²) in [6, 6.07) is 20.9. The van der Waals surface area contributed by atoms with Crippen molar-refractivity contribution in [1.29, 1.82) is 0 Å². The monoisotopic (exact) mass is 478 g/mol. The molecule has 6 nitrogen and oxygen atoms in total. The fourth-order valence-electron chi connectivity index (χ4n) is 6.48. The Morgan fingerprint density at radius 2 is 1.67 bits per heavy atom. The van der Waals surface area contributed by atoms with Gasteiger partial charge in [0, 0.05) is 22.5 Å². The summed E-state index contributed by atoms with van der Waals surface area (Å²) in [5, 5.41) is 3.04. The van der Waals surface area contributed by atoms with Gasteiger partial charge >= 0.3 is 0 Å². The Kier molecular flexibility index (Phi) is 4.90. The summed E-state index contributed by atoms with van der Waals surface area (Å²) in [5.41, 5.74) is 3.50. The zero-order valence-corrected chi connectivity index (χ0v) is 20.3. The van der Waals surface area contributed by atoms with Crippen LogP contribution in [0.4, 0.5) is 11.4 Å². The molecule has 4 unspecified atom stereocenters. The molecule has 3 aromatic rings. The maximum Gasteiger partial charge on any atom is 0.238 e. The number of ketones is 2. The van der Waals surface area contributed by atoms with Crippen molar-refractivity contribution in [3.8, 4) is 5.75 Å². The average molecular weight is 479 g/mol. The number of nitrogens with zero attached hydrogens (tertiary/aromatic N) is 1. The molecular weight excluding hydrogens is 452 g/mol. The van der Waals surface area contributed by atoms with Gasteiger partial charge in [-0.2, -0.15) is 0 Å². The van der Waals surface area contributed by atoms with Crippen molar-refractivity contribution in [2.75, 3.05) is 17.3 Å². The minimum absolute atomic E-state index is 0.149. The van der Waals surface area contributed by atoms with Crippen molar-refractivity contribution in [1.82, 2.24) is 0 Å². The number of amides is 1. The highest BCUT2D eigenvalue weighted by Gasteiger charge is 2.70. The standard InChI is InChI=1S/C30H26N2O4/c1-17-16-25-30(22-9-5-6-10-23(22)31-29(30)35)26(28(34)19-12-14-20(36-3)15-13-19)27(18(2)33)32(25)24-11-7-4-8-21(17)24/h4-16,25-27H,1-3H3,(H,31,35). The smallest absolute Gasteiger partial charge is 0.238 e. The van der Waals surface area contributed by atoms with Crippen LogP contribution in [-0.4, -0.2) is 36.7 Å². The molecule has 3 aromatic carbocycles. The largest absolute Gasteiger partial charge is 0.497 e. The molecule has 1 N–H and O–H groups in total. The first-order valence-corrected chi connectivity index (χ1v) is 12.1. The molecule has 1 spiro atoms. The van der Waals surface area contributed by atoms with Gasteiger partial charge in [-0.1, -0.05) is 42.5 Å². The number of hydrogen-bond acceptors (Lipinski definition) is 5. The van der Waals surface area contributed by atoms with Gasteiger partial charge in [-0.3, -0.25) is 14.4 Å². The zero-order chi connectivity index (χ0) is 25.2. The van der Waals surface area contributed by atoms with E-state index in [-0.39, 0.29) is 17.5 Å². The van der Waals surface area contributed by atoms with Crippen molar-refractivity contribution in [2.24, 2.45) is 5.92 Å². The highest BCUT2D eigenvalue weighted by molar-refractivity contribution is 6.16. The van der Waals surface area contributed by atoms with Crippen LogP contribution in [0.2, 0.25) is 0 Å². The maximum atomic E-state index is 14.4. The predicted octanol–water partition coefficient (Wildman–Crippen LogP) is 4.65. The van der Waals surface area contributed by atoms with E-state index in [1.165, 1.54) is 6.92 Å². The summed E-state index contributed by atoms with van der Waals surface area (Å²) in [4.78, 5) is 43.9. The quantitative estimate of drug-likeness (QED) is 0.553. The Hall–Kier alpha value is -4.19. The summed E-state index contributed by atoms with van der Waals surface area (Å²) in [6.07, 6.45) is 2.06. The molecule has 4 atom stereocenters. The van der Waals surface area contributed by atoms with Crippen LogP contribution in [-0.2, 0) is 15.0 Å². The highest BCUT2D eigenvalue weighted by Crippen LogP contribution is 2.58. The zero-order valence-electron chi connectivity index (χ0n) is 20.3. The minimum Gasteiger partial charge on any atom is -0.497 e. The lowest BCUT2D eigenvalue weighted by Gasteiger charge is -2.39. The lowest BCUT2D eigenvalue weighted by Crippen LogP contribution is -2.51. The second kappa shape index (κ2) is 7.92. The Morgan fingerprint density at radius 1 is 0.972 bits per heavy atom. The second-order valence-corrected chi connectivity index (χ2v) is 9.71. The number of anilines is 2. The van der Waals surface area contributed by atoms with Gasteiger partial charge in [0.15, 0.2) is 11.6 Å². The molecule has 1 saturated heterocycles. The number of carbonyl (C=O) groups excluding carboxylic acids is 3. The number of fused-ring (bicyclic) bond motifs is 6. The van der Waals surface area contributed by atoms with Crippen LogP contribution in [0.5, 0.6) is 5.75 Å². The van der Waals surface area contributed by atoms with Crippen molar-refractivity contribution in [2.45, 2.75) is 31.3 Å². The van der Waals surface area contributed by atoms with Gasteiger partial charge < -0.3 is 15.0 Å². The summed E-state index contributed by atoms with van der Waals surface area (Å²) < 4.78 is 5.27. The number of para-hydroxylation sites is 2. The van der Waals surface area contributed by atoms with Crippen molar-refractivity contribution in [3.05, 3.63) is 95.6 Å². The highest BCUT2D eigenvalue weighted by atomic mass is 16.5. The van der Waals surface area contributed by atoms with Gasteiger partial charge in [-0.05, 0) is 61.4 Å². The number of rotatable bonds is 4. The van der Waals surface area contributed by atoms with Crippen LogP contribution in [0.25, 0.3) is 5.57 Å². The lowest BCUT2D eigenvalue weighted by molar-refractivity contribution is -0.122. The molecule has 6 rings (SSSR count). The van der Waals surface area contributed by atoms with E-state index in [0.717, 1.165) is 22.4 Å². The molecular formula is C30H26N2O4. The number of methoxy groups -OCH3 is 1. The number of hydrogen-bond donors (Lipinski definition) is 1. The summed E-state index contributed by atoms with van der Waals surface area (Å²) in [5.74, 6) is -0.930. The number of allylic oxidation sites excluding steroid dienone is 1. The van der Waals surface area contributed by atoms with E-state index >= 15 is 0 Å². The molecule has 3 aliphatic heterocycles. The van der Waals surface area contributed by atoms with E-state index in [9.17, 15) is 14.4 Å². The van der Waals surface area contributed by atoms with Gasteiger partial charge in [0.25, 0.3) is 0 Å². The lowest BCUT2D eigenvalue weighted by atomic mass is 9.64. The van der Waals surface area contributed by atoms with Crippen LogP contribution in [0.3, 0.4) is 0 Å². The molecule has 6 heteroatoms. The van der Waals surface area contributed by atoms with E-state index < -0.39 is 23.4 Å². The van der Waals surface area contributed by atoms with E-state index in [1.54, 1.807) is 31.4 Å². The normalized spacial score (nSPS) is 25.5. The Labute approximate surface area is 209 Å². The number of benzene rings is 3. The van der Waals surface area contributed by atoms with Crippen molar-refractivity contribution < 1.29 is 19.1 Å². The first kappa shape index (κ1) is 22.3. The van der Waals surface area contributed by atoms with E-state index in [1.807, 2.05) is 60.4 Å². The third kappa shape index (κ3) is 2.81. The third-order valence-corrected chi connectivity index (χ3v) is 7.96. The van der Waals surface area contributed by atoms with Gasteiger partial charge in [0.1, 0.15) is 11.2 Å². The van der Waals surface area contributed by atoms with Gasteiger partial charge in [0.05, 0.1) is 25.1 Å². The summed E-state index contributed by atoms with van der Waals surface area (Å²) in [7, 11) is 1.57. The fourth-order valence-corrected chi connectivity index (χ4v) is 6.48. The first-order chi connectivity index (χ1) is 17.4. The van der Waals surface area contributed by atoms with Crippen LogP contribution >= 0.6 is 0 Å². The topological polar surface area (TPSA) is 75.7 Å². The van der Waals surface area contributed by atoms with Crippen molar-refractivity contribution in [3.63, 3.8) is 0 Å². The Bertz CT molecular complexity index is 1460. The molecule has 0 aromatic heterocycles. The summed E-state index contributed by atoms with van der Waals surface area (Å²) >= 11 is 0. The molecule has 3 aliphatic rings. The minimum atomic E-state index is -1.27. The van der Waals surface area contributed by atoms with Crippen LogP contribution in [0.15, 0.2) is 78.9 Å². The molecule has 1 fully saturated rings. The first-order valence-electron chi connectivity index (χ1n) is 12.1. The molecule has 1 amide bonds. The van der Waals surface area contributed by atoms with Gasteiger partial charge in [-0.15, -0.1) is 0 Å². The van der Waals surface area contributed by atoms with E-state index in [0.29, 0.717) is 17.0 Å². The van der Waals surface area contributed by atoms with Crippen LogP contribution in [0, 0.1) is 5.92 Å². The number of ether oxygens (including phenoxy) is 1. The molecule has 0 aliphatic carbocycles. The SMILES string of the molecule is COc1ccc(C(=O)C2C(C(C)=O)N3c4ccccc4C(C)=CC3C23C(=O)Nc2ccccc23)cc1. The number of carbonyl (C=O) groups is 3. The van der Waals surface area contributed by atoms with Gasteiger partial charge in [-0.25, -0.2) is 0 Å². The van der Waals surface area contributed by atoms with Crippen LogP contribution in [0.1, 0.15) is 35.3 Å². The number of Topliss-reactive ketones (excluding diaryl/α,β-unsaturated/α-hetero) is 2. The fraction of sp³-hybridized carbons (Fsp3) is 0.233.